The summed E-state index contributed by atoms with van der Waals surface area (Å²) in [5.41, 5.74) is 6.08. The number of carbonyl (C=O) groups excluding carboxylic acids is 1. The Morgan fingerprint density at radius 2 is 2.05 bits per heavy atom. The minimum atomic E-state index is -1.18. The second-order valence-corrected chi connectivity index (χ2v) is 4.80. The molecule has 0 spiro atoms. The predicted octanol–water partition coefficient (Wildman–Crippen LogP) is 1.10. The minimum Gasteiger partial charge on any atom is -0.476 e. The zero-order valence-corrected chi connectivity index (χ0v) is 11.7. The molecule has 0 aliphatic rings. The molecular weight excluding hydrogens is 296 g/mol. The summed E-state index contributed by atoms with van der Waals surface area (Å²) in [6.45, 7) is 0.176. The van der Waals surface area contributed by atoms with Gasteiger partial charge in [0.15, 0.2) is 5.69 Å². The smallest absolute Gasteiger partial charge is 0.358 e. The molecule has 0 saturated heterocycles. The molecule has 0 radical (unpaired) electrons. The van der Waals surface area contributed by atoms with Gasteiger partial charge in [-0.25, -0.2) is 9.48 Å². The van der Waals surface area contributed by atoms with Crippen LogP contribution in [-0.4, -0.2) is 32.0 Å². The number of aromatic carboxylic acids is 1. The number of nitrogens with zero attached hydrogens (tertiary/aromatic N) is 3. The van der Waals surface area contributed by atoms with Crippen LogP contribution in [0.15, 0.2) is 24.3 Å². The number of benzene rings is 1. The molecule has 7 nitrogen and oxygen atoms in total. The van der Waals surface area contributed by atoms with Gasteiger partial charge < -0.3 is 10.8 Å². The molecule has 21 heavy (non-hydrogen) atoms. The van der Waals surface area contributed by atoms with Gasteiger partial charge in [0, 0.05) is 17.9 Å². The Balaban J connectivity index is 2.35. The SMILES string of the molecule is NC(=O)CCn1nnc(C(=O)O)c1Cc1ccccc1Cl. The van der Waals surface area contributed by atoms with Crippen molar-refractivity contribution in [3.63, 3.8) is 0 Å². The average Bonchev–Trinajstić information content (AvgIpc) is 2.82. The van der Waals surface area contributed by atoms with Crippen LogP contribution in [0.1, 0.15) is 28.2 Å². The van der Waals surface area contributed by atoms with Gasteiger partial charge in [0.1, 0.15) is 0 Å². The van der Waals surface area contributed by atoms with Crippen LogP contribution >= 0.6 is 11.6 Å². The largest absolute Gasteiger partial charge is 0.476 e. The minimum absolute atomic E-state index is 0.0535. The summed E-state index contributed by atoms with van der Waals surface area (Å²) in [6.07, 6.45) is 0.311. The number of amides is 1. The van der Waals surface area contributed by atoms with Crippen LogP contribution in [0.5, 0.6) is 0 Å². The maximum atomic E-state index is 11.2. The summed E-state index contributed by atoms with van der Waals surface area (Å²) < 4.78 is 1.37. The molecule has 0 unspecified atom stereocenters. The summed E-state index contributed by atoms with van der Waals surface area (Å²) in [4.78, 5) is 22.1. The van der Waals surface area contributed by atoms with Crippen LogP contribution in [0, 0.1) is 0 Å². The Morgan fingerprint density at radius 3 is 2.67 bits per heavy atom. The molecule has 1 heterocycles. The topological polar surface area (TPSA) is 111 Å². The van der Waals surface area contributed by atoms with E-state index in [-0.39, 0.29) is 25.1 Å². The lowest BCUT2D eigenvalue weighted by molar-refractivity contribution is -0.118. The fourth-order valence-electron chi connectivity index (χ4n) is 1.89. The fourth-order valence-corrected chi connectivity index (χ4v) is 2.09. The van der Waals surface area contributed by atoms with E-state index in [1.165, 1.54) is 4.68 Å². The molecule has 110 valence electrons. The Kier molecular flexibility index (Phi) is 4.54. The maximum absolute atomic E-state index is 11.2. The molecule has 2 aromatic rings. The summed E-state index contributed by atoms with van der Waals surface area (Å²) >= 11 is 6.08. The van der Waals surface area contributed by atoms with Crippen LogP contribution in [0.2, 0.25) is 5.02 Å². The maximum Gasteiger partial charge on any atom is 0.358 e. The van der Waals surface area contributed by atoms with Gasteiger partial charge in [0.2, 0.25) is 5.91 Å². The van der Waals surface area contributed by atoms with E-state index < -0.39 is 11.9 Å². The van der Waals surface area contributed by atoms with Crippen LogP contribution in [-0.2, 0) is 17.8 Å². The highest BCUT2D eigenvalue weighted by Crippen LogP contribution is 2.20. The number of primary amides is 1. The number of aromatic nitrogens is 3. The summed E-state index contributed by atoms with van der Waals surface area (Å²) in [5.74, 6) is -1.67. The number of halogens is 1. The molecule has 0 aliphatic carbocycles. The monoisotopic (exact) mass is 308 g/mol. The van der Waals surface area contributed by atoms with E-state index in [1.54, 1.807) is 24.3 Å². The van der Waals surface area contributed by atoms with Gasteiger partial charge in [-0.3, -0.25) is 4.79 Å². The first-order valence-corrected chi connectivity index (χ1v) is 6.54. The average molecular weight is 309 g/mol. The van der Waals surface area contributed by atoms with Crippen molar-refractivity contribution in [3.05, 3.63) is 46.2 Å². The number of carbonyl (C=O) groups is 2. The van der Waals surface area contributed by atoms with Crippen LogP contribution in [0.3, 0.4) is 0 Å². The van der Waals surface area contributed by atoms with Gasteiger partial charge in [0.05, 0.1) is 12.2 Å². The van der Waals surface area contributed by atoms with Crippen LogP contribution in [0.4, 0.5) is 0 Å². The summed E-state index contributed by atoms with van der Waals surface area (Å²) in [7, 11) is 0. The summed E-state index contributed by atoms with van der Waals surface area (Å²) in [5, 5.41) is 17.1. The highest BCUT2D eigenvalue weighted by molar-refractivity contribution is 6.31. The number of carboxylic acid groups (broad SMARTS) is 1. The van der Waals surface area contributed by atoms with Gasteiger partial charge in [-0.1, -0.05) is 35.0 Å². The number of rotatable bonds is 6. The van der Waals surface area contributed by atoms with Crippen molar-refractivity contribution in [1.82, 2.24) is 15.0 Å². The summed E-state index contributed by atoms with van der Waals surface area (Å²) in [6, 6.07) is 7.10. The quantitative estimate of drug-likeness (QED) is 0.830. The number of aryl methyl sites for hydroxylation is 1. The molecule has 1 aromatic carbocycles. The first-order chi connectivity index (χ1) is 9.99. The first-order valence-electron chi connectivity index (χ1n) is 6.16. The molecule has 1 amide bonds. The van der Waals surface area contributed by atoms with E-state index in [2.05, 4.69) is 10.3 Å². The van der Waals surface area contributed by atoms with Crippen LogP contribution in [0.25, 0.3) is 0 Å². The van der Waals surface area contributed by atoms with Crippen molar-refractivity contribution < 1.29 is 14.7 Å². The zero-order valence-electron chi connectivity index (χ0n) is 11.0. The van der Waals surface area contributed by atoms with Crippen LogP contribution < -0.4 is 5.73 Å². The molecule has 1 aromatic heterocycles. The van der Waals surface area contributed by atoms with E-state index in [0.29, 0.717) is 10.7 Å². The highest BCUT2D eigenvalue weighted by Gasteiger charge is 2.20. The molecular formula is C13H13ClN4O3. The fraction of sp³-hybridized carbons (Fsp3) is 0.231. The van der Waals surface area contributed by atoms with E-state index >= 15 is 0 Å². The number of nitrogens with two attached hydrogens (primary N) is 1. The second-order valence-electron chi connectivity index (χ2n) is 4.40. The molecule has 8 heteroatoms. The van der Waals surface area contributed by atoms with Crippen molar-refractivity contribution in [2.45, 2.75) is 19.4 Å². The third-order valence-electron chi connectivity index (χ3n) is 2.93. The van der Waals surface area contributed by atoms with Crippen molar-refractivity contribution in [1.29, 1.82) is 0 Å². The molecule has 3 N–H and O–H groups in total. The lowest BCUT2D eigenvalue weighted by Crippen LogP contribution is -2.16. The number of hydrogen-bond acceptors (Lipinski definition) is 4. The Hall–Kier alpha value is -2.41. The van der Waals surface area contributed by atoms with E-state index in [1.807, 2.05) is 0 Å². The standard InChI is InChI=1S/C13H13ClN4O3/c14-9-4-2-1-3-8(9)7-10-12(13(20)21)16-17-18(10)6-5-11(15)19/h1-4H,5-7H2,(H2,15,19)(H,20,21). The van der Waals surface area contributed by atoms with Crippen molar-refractivity contribution in [2.75, 3.05) is 0 Å². The third kappa shape index (κ3) is 3.57. The molecule has 0 fully saturated rings. The lowest BCUT2D eigenvalue weighted by Gasteiger charge is -2.07. The Morgan fingerprint density at radius 1 is 1.33 bits per heavy atom. The van der Waals surface area contributed by atoms with Crippen molar-refractivity contribution in [3.8, 4) is 0 Å². The van der Waals surface area contributed by atoms with Gasteiger partial charge >= 0.3 is 5.97 Å². The number of hydrogen-bond donors (Lipinski definition) is 2. The predicted molar refractivity (Wildman–Crippen MR) is 75.1 cm³/mol. The Bertz CT molecular complexity index is 684. The van der Waals surface area contributed by atoms with E-state index in [0.717, 1.165) is 5.56 Å². The second kappa shape index (κ2) is 6.36. The van der Waals surface area contributed by atoms with Crippen molar-refractivity contribution in [2.24, 2.45) is 5.73 Å². The number of carboxylic acids is 1. The first kappa shape index (κ1) is 15.0. The third-order valence-corrected chi connectivity index (χ3v) is 3.29. The molecule has 2 rings (SSSR count). The van der Waals surface area contributed by atoms with Gasteiger partial charge in [-0.05, 0) is 11.6 Å². The molecule has 0 bridgehead atoms. The molecule has 0 saturated carbocycles. The molecule has 0 atom stereocenters. The van der Waals surface area contributed by atoms with Gasteiger partial charge in [-0.2, -0.15) is 0 Å². The van der Waals surface area contributed by atoms with E-state index in [9.17, 15) is 9.59 Å². The van der Waals surface area contributed by atoms with Gasteiger partial charge in [-0.15, -0.1) is 5.10 Å². The lowest BCUT2D eigenvalue weighted by atomic mass is 10.1. The Labute approximate surface area is 125 Å². The normalized spacial score (nSPS) is 10.5. The van der Waals surface area contributed by atoms with Gasteiger partial charge in [0.25, 0.3) is 0 Å². The van der Waals surface area contributed by atoms with Crippen molar-refractivity contribution >= 4 is 23.5 Å². The zero-order chi connectivity index (χ0) is 15.4. The highest BCUT2D eigenvalue weighted by atomic mass is 35.5. The molecule has 0 aliphatic heterocycles. The van der Waals surface area contributed by atoms with E-state index in [4.69, 9.17) is 22.4 Å².